The molecule has 0 aliphatic heterocycles. The lowest BCUT2D eigenvalue weighted by Gasteiger charge is -2.12. The number of hydrogen-bond acceptors (Lipinski definition) is 6. The van der Waals surface area contributed by atoms with Crippen molar-refractivity contribution in [3.63, 3.8) is 0 Å². The number of esters is 1. The average Bonchev–Trinajstić information content (AvgIpc) is 2.65. The van der Waals surface area contributed by atoms with E-state index in [9.17, 15) is 19.2 Å². The van der Waals surface area contributed by atoms with E-state index in [2.05, 4.69) is 10.6 Å². The molecular formula is C18H25N3O6. The van der Waals surface area contributed by atoms with E-state index in [-0.39, 0.29) is 6.04 Å². The van der Waals surface area contributed by atoms with Gasteiger partial charge in [-0.15, -0.1) is 0 Å². The Morgan fingerprint density at radius 2 is 1.74 bits per heavy atom. The van der Waals surface area contributed by atoms with Crippen molar-refractivity contribution in [3.05, 3.63) is 29.8 Å². The van der Waals surface area contributed by atoms with Crippen molar-refractivity contribution >= 4 is 23.8 Å². The molecule has 148 valence electrons. The van der Waals surface area contributed by atoms with E-state index in [0.29, 0.717) is 24.3 Å². The smallest absolute Gasteiger partial charge is 0.325 e. The van der Waals surface area contributed by atoms with Crippen molar-refractivity contribution in [2.45, 2.75) is 33.2 Å². The predicted octanol–water partition coefficient (Wildman–Crippen LogP) is 0.983. The molecule has 0 fully saturated rings. The van der Waals surface area contributed by atoms with Gasteiger partial charge >= 0.3 is 12.0 Å². The van der Waals surface area contributed by atoms with Crippen LogP contribution in [0.25, 0.3) is 0 Å². The van der Waals surface area contributed by atoms with Gasteiger partial charge in [-0.2, -0.15) is 0 Å². The summed E-state index contributed by atoms with van der Waals surface area (Å²) >= 11 is 0. The molecule has 0 radical (unpaired) electrons. The van der Waals surface area contributed by atoms with Gasteiger partial charge in [0.15, 0.2) is 6.61 Å². The van der Waals surface area contributed by atoms with Crippen LogP contribution in [0.15, 0.2) is 24.3 Å². The molecule has 0 saturated carbocycles. The summed E-state index contributed by atoms with van der Waals surface area (Å²) in [6, 6.07) is 5.67. The highest BCUT2D eigenvalue weighted by Crippen LogP contribution is 2.11. The monoisotopic (exact) mass is 379 g/mol. The molecule has 0 heterocycles. The molecule has 9 nitrogen and oxygen atoms in total. The third-order valence-corrected chi connectivity index (χ3v) is 3.43. The van der Waals surface area contributed by atoms with E-state index < -0.39 is 37.0 Å². The SMILES string of the molecule is CCOc1ccc(C(=O)NCC(=O)OCC(=O)NC(=O)N[C@H](C)CC)cc1. The lowest BCUT2D eigenvalue weighted by molar-refractivity contribution is -0.147. The number of carbonyl (C=O) groups is 4. The van der Waals surface area contributed by atoms with Gasteiger partial charge in [0.05, 0.1) is 6.61 Å². The highest BCUT2D eigenvalue weighted by atomic mass is 16.5. The van der Waals surface area contributed by atoms with Crippen molar-refractivity contribution in [2.24, 2.45) is 0 Å². The lowest BCUT2D eigenvalue weighted by atomic mass is 10.2. The third kappa shape index (κ3) is 8.70. The number of benzene rings is 1. The minimum Gasteiger partial charge on any atom is -0.494 e. The van der Waals surface area contributed by atoms with Crippen LogP contribution in [0.1, 0.15) is 37.6 Å². The van der Waals surface area contributed by atoms with E-state index >= 15 is 0 Å². The molecule has 3 N–H and O–H groups in total. The van der Waals surface area contributed by atoms with Gasteiger partial charge in [-0.3, -0.25) is 19.7 Å². The molecule has 0 unspecified atom stereocenters. The van der Waals surface area contributed by atoms with Crippen LogP contribution in [0.5, 0.6) is 5.75 Å². The van der Waals surface area contributed by atoms with Crippen LogP contribution in [-0.4, -0.2) is 49.6 Å². The summed E-state index contributed by atoms with van der Waals surface area (Å²) in [5.41, 5.74) is 0.353. The van der Waals surface area contributed by atoms with Crippen molar-refractivity contribution in [2.75, 3.05) is 19.8 Å². The first-order valence-electron chi connectivity index (χ1n) is 8.62. The topological polar surface area (TPSA) is 123 Å². The number of hydrogen-bond donors (Lipinski definition) is 3. The molecule has 0 saturated heterocycles. The Morgan fingerprint density at radius 1 is 1.07 bits per heavy atom. The summed E-state index contributed by atoms with van der Waals surface area (Å²) in [5, 5.41) is 6.97. The lowest BCUT2D eigenvalue weighted by Crippen LogP contribution is -2.45. The Hall–Kier alpha value is -3.10. The molecule has 1 aromatic carbocycles. The maximum atomic E-state index is 11.9. The Kier molecular flexibility index (Phi) is 9.35. The molecule has 1 atom stereocenters. The summed E-state index contributed by atoms with van der Waals surface area (Å²) in [6.07, 6.45) is 0.713. The molecule has 0 aromatic heterocycles. The van der Waals surface area contributed by atoms with E-state index in [0.717, 1.165) is 0 Å². The fourth-order valence-electron chi connectivity index (χ4n) is 1.85. The van der Waals surface area contributed by atoms with E-state index in [1.165, 1.54) is 0 Å². The first-order valence-corrected chi connectivity index (χ1v) is 8.62. The van der Waals surface area contributed by atoms with Gasteiger partial charge in [0.25, 0.3) is 11.8 Å². The zero-order valence-corrected chi connectivity index (χ0v) is 15.7. The number of ether oxygens (including phenoxy) is 2. The normalized spacial score (nSPS) is 11.1. The fourth-order valence-corrected chi connectivity index (χ4v) is 1.85. The predicted molar refractivity (Wildman–Crippen MR) is 97.3 cm³/mol. The molecule has 0 aliphatic rings. The quantitative estimate of drug-likeness (QED) is 0.550. The first-order chi connectivity index (χ1) is 12.8. The average molecular weight is 379 g/mol. The van der Waals surface area contributed by atoms with Crippen LogP contribution in [0.3, 0.4) is 0 Å². The van der Waals surface area contributed by atoms with Gasteiger partial charge in [-0.1, -0.05) is 6.92 Å². The largest absolute Gasteiger partial charge is 0.494 e. The molecular weight excluding hydrogens is 354 g/mol. The van der Waals surface area contributed by atoms with Gasteiger partial charge in [0, 0.05) is 11.6 Å². The van der Waals surface area contributed by atoms with Gasteiger partial charge < -0.3 is 20.1 Å². The molecule has 0 spiro atoms. The van der Waals surface area contributed by atoms with Gasteiger partial charge in [0.1, 0.15) is 12.3 Å². The summed E-state index contributed by atoms with van der Waals surface area (Å²) in [5.74, 6) is -1.39. The second-order valence-corrected chi connectivity index (χ2v) is 5.63. The molecule has 9 heteroatoms. The number of amides is 4. The van der Waals surface area contributed by atoms with Crippen molar-refractivity contribution in [1.29, 1.82) is 0 Å². The Labute approximate surface area is 157 Å². The molecule has 0 bridgehead atoms. The minimum atomic E-state index is -0.799. The third-order valence-electron chi connectivity index (χ3n) is 3.43. The van der Waals surface area contributed by atoms with Crippen LogP contribution in [0.2, 0.25) is 0 Å². The summed E-state index contributed by atoms with van der Waals surface area (Å²) < 4.78 is 9.98. The molecule has 1 aromatic rings. The summed E-state index contributed by atoms with van der Waals surface area (Å²) in [4.78, 5) is 46.5. The second-order valence-electron chi connectivity index (χ2n) is 5.63. The standard InChI is InChI=1S/C18H25N3O6/c1-4-12(3)20-18(25)21-15(22)11-27-16(23)10-19-17(24)13-6-8-14(9-7-13)26-5-2/h6-9,12H,4-5,10-11H2,1-3H3,(H,19,24)(H2,20,21,22,25)/t12-/m1/s1. The number of urea groups is 1. The van der Waals surface area contributed by atoms with Crippen LogP contribution >= 0.6 is 0 Å². The van der Waals surface area contributed by atoms with Crippen molar-refractivity contribution in [3.8, 4) is 5.75 Å². The zero-order chi connectivity index (χ0) is 20.2. The second kappa shape index (κ2) is 11.5. The maximum Gasteiger partial charge on any atom is 0.325 e. The van der Waals surface area contributed by atoms with Crippen LogP contribution in [0.4, 0.5) is 4.79 Å². The fraction of sp³-hybridized carbons (Fsp3) is 0.444. The maximum absolute atomic E-state index is 11.9. The van der Waals surface area contributed by atoms with Gasteiger partial charge in [-0.25, -0.2) is 4.79 Å². The Morgan fingerprint density at radius 3 is 2.33 bits per heavy atom. The van der Waals surface area contributed by atoms with Crippen LogP contribution < -0.4 is 20.7 Å². The number of carbonyl (C=O) groups excluding carboxylic acids is 4. The molecule has 1 rings (SSSR count). The minimum absolute atomic E-state index is 0.0850. The highest BCUT2D eigenvalue weighted by Gasteiger charge is 2.13. The number of imide groups is 1. The molecule has 4 amide bonds. The van der Waals surface area contributed by atoms with Crippen molar-refractivity contribution in [1.82, 2.24) is 16.0 Å². The summed E-state index contributed by atoms with van der Waals surface area (Å²) in [6.45, 7) is 5.02. The molecule has 0 aliphatic carbocycles. The van der Waals surface area contributed by atoms with E-state index in [1.54, 1.807) is 31.2 Å². The molecule has 27 heavy (non-hydrogen) atoms. The van der Waals surface area contributed by atoms with Crippen molar-refractivity contribution < 1.29 is 28.7 Å². The highest BCUT2D eigenvalue weighted by molar-refractivity contribution is 5.97. The first kappa shape index (κ1) is 21.9. The van der Waals surface area contributed by atoms with Gasteiger partial charge in [-0.05, 0) is 44.5 Å². The summed E-state index contributed by atoms with van der Waals surface area (Å²) in [7, 11) is 0. The Balaban J connectivity index is 2.30. The van der Waals surface area contributed by atoms with Crippen LogP contribution in [0, 0.1) is 0 Å². The Bertz CT molecular complexity index is 660. The number of nitrogens with one attached hydrogen (secondary N) is 3. The van der Waals surface area contributed by atoms with Gasteiger partial charge in [0.2, 0.25) is 0 Å². The zero-order valence-electron chi connectivity index (χ0n) is 15.7. The van der Waals surface area contributed by atoms with E-state index in [1.807, 2.05) is 19.2 Å². The van der Waals surface area contributed by atoms with E-state index in [4.69, 9.17) is 9.47 Å². The van der Waals surface area contributed by atoms with Crippen LogP contribution in [-0.2, 0) is 14.3 Å². The number of rotatable bonds is 9.